The minimum Gasteiger partial charge on any atom is -0.497 e. The van der Waals surface area contributed by atoms with E-state index in [1.807, 2.05) is 39.0 Å². The van der Waals surface area contributed by atoms with Crippen molar-refractivity contribution in [2.75, 3.05) is 13.7 Å². The van der Waals surface area contributed by atoms with E-state index >= 15 is 0 Å². The van der Waals surface area contributed by atoms with Gasteiger partial charge >= 0.3 is 5.97 Å². The number of unbranched alkanes of at least 4 members (excludes halogenated alkanes) is 1. The van der Waals surface area contributed by atoms with Gasteiger partial charge in [-0.2, -0.15) is 0 Å². The van der Waals surface area contributed by atoms with E-state index in [1.54, 1.807) is 7.11 Å². The Balaban J connectivity index is 2.35. The third kappa shape index (κ3) is 4.60. The molecule has 1 heterocycles. The van der Waals surface area contributed by atoms with Gasteiger partial charge in [-0.15, -0.1) is 0 Å². The van der Waals surface area contributed by atoms with Crippen LogP contribution < -0.4 is 10.1 Å². The number of carbonyl (C=O) groups excluding carboxylic acids is 1. The van der Waals surface area contributed by atoms with Crippen molar-refractivity contribution in [3.05, 3.63) is 35.4 Å². The first-order chi connectivity index (χ1) is 11.3. The molecule has 0 atom stereocenters. The Labute approximate surface area is 143 Å². The molecule has 1 N–H and O–H groups in total. The average Bonchev–Trinajstić information content (AvgIpc) is 2.82. The van der Waals surface area contributed by atoms with Crippen molar-refractivity contribution in [1.29, 1.82) is 0 Å². The van der Waals surface area contributed by atoms with Crippen LogP contribution in [-0.2, 0) is 9.53 Å². The second kappa shape index (κ2) is 7.51. The Morgan fingerprint density at radius 1 is 1.29 bits per heavy atom. The van der Waals surface area contributed by atoms with E-state index in [0.29, 0.717) is 12.3 Å². The molecule has 1 aliphatic heterocycles. The molecule has 1 aliphatic rings. The van der Waals surface area contributed by atoms with Gasteiger partial charge in [-0.3, -0.25) is 4.99 Å². The van der Waals surface area contributed by atoms with Gasteiger partial charge in [0.1, 0.15) is 11.6 Å². The Hall–Kier alpha value is -2.30. The monoisotopic (exact) mass is 330 g/mol. The van der Waals surface area contributed by atoms with Crippen molar-refractivity contribution in [2.45, 2.75) is 46.1 Å². The molecule has 0 spiro atoms. The quantitative estimate of drug-likeness (QED) is 0.510. The van der Waals surface area contributed by atoms with Gasteiger partial charge in [-0.25, -0.2) is 4.79 Å². The third-order valence-corrected chi connectivity index (χ3v) is 3.48. The van der Waals surface area contributed by atoms with E-state index in [9.17, 15) is 4.79 Å². The number of benzene rings is 1. The molecule has 0 radical (unpaired) electrons. The summed E-state index contributed by atoms with van der Waals surface area (Å²) in [5.41, 5.74) is 2.31. The van der Waals surface area contributed by atoms with Gasteiger partial charge in [0.2, 0.25) is 0 Å². The standard InChI is InChI=1S/C19H26N2O3/c1-6-7-10-24-17(22)12-16-15-11-13(23-5)8-9-14(15)18(20-16)21-19(2,3)4/h8-9,11-12H,6-7,10H2,1-5H3,(H,20,21)/b16-12+. The molecule has 0 fully saturated rings. The molecule has 130 valence electrons. The number of esters is 1. The molecule has 1 aromatic rings. The zero-order valence-electron chi connectivity index (χ0n) is 15.1. The number of amidine groups is 1. The summed E-state index contributed by atoms with van der Waals surface area (Å²) >= 11 is 0. The summed E-state index contributed by atoms with van der Waals surface area (Å²) < 4.78 is 10.5. The highest BCUT2D eigenvalue weighted by Gasteiger charge is 2.25. The van der Waals surface area contributed by atoms with Crippen LogP contribution >= 0.6 is 0 Å². The molecule has 0 unspecified atom stereocenters. The molecule has 0 saturated carbocycles. The number of methoxy groups -OCH3 is 1. The van der Waals surface area contributed by atoms with E-state index < -0.39 is 0 Å². The molecule has 24 heavy (non-hydrogen) atoms. The van der Waals surface area contributed by atoms with Crippen LogP contribution in [0.25, 0.3) is 5.70 Å². The van der Waals surface area contributed by atoms with Gasteiger partial charge < -0.3 is 14.8 Å². The van der Waals surface area contributed by atoms with Crippen LogP contribution in [0.3, 0.4) is 0 Å². The van der Waals surface area contributed by atoms with E-state index in [-0.39, 0.29) is 11.5 Å². The molecule has 0 saturated heterocycles. The SMILES string of the molecule is CCCCOC(=O)/C=C1/NC(=NC(C)(C)C)c2ccc(OC)cc21. The zero-order valence-corrected chi connectivity index (χ0v) is 15.1. The maximum Gasteiger partial charge on any atom is 0.332 e. The highest BCUT2D eigenvalue weighted by atomic mass is 16.5. The summed E-state index contributed by atoms with van der Waals surface area (Å²) in [6.45, 7) is 8.60. The molecule has 0 amide bonds. The van der Waals surface area contributed by atoms with Gasteiger partial charge in [-0.1, -0.05) is 13.3 Å². The lowest BCUT2D eigenvalue weighted by atomic mass is 10.1. The normalized spacial score (nSPS) is 16.9. The summed E-state index contributed by atoms with van der Waals surface area (Å²) in [7, 11) is 1.62. The second-order valence-corrected chi connectivity index (χ2v) is 6.75. The van der Waals surface area contributed by atoms with Gasteiger partial charge in [0.15, 0.2) is 0 Å². The fraction of sp³-hybridized carbons (Fsp3) is 0.474. The molecule has 0 aromatic heterocycles. The first kappa shape index (κ1) is 18.0. The number of ether oxygens (including phenoxy) is 2. The lowest BCUT2D eigenvalue weighted by Gasteiger charge is -2.13. The Morgan fingerprint density at radius 3 is 2.67 bits per heavy atom. The predicted octanol–water partition coefficient (Wildman–Crippen LogP) is 3.53. The number of fused-ring (bicyclic) bond motifs is 1. The number of carbonyl (C=O) groups is 1. The summed E-state index contributed by atoms with van der Waals surface area (Å²) in [6.07, 6.45) is 3.34. The Kier molecular flexibility index (Phi) is 5.65. The van der Waals surface area contributed by atoms with Crippen molar-refractivity contribution >= 4 is 17.5 Å². The zero-order chi connectivity index (χ0) is 17.7. The van der Waals surface area contributed by atoms with Crippen LogP contribution in [0, 0.1) is 0 Å². The highest BCUT2D eigenvalue weighted by molar-refractivity contribution is 6.14. The third-order valence-electron chi connectivity index (χ3n) is 3.48. The van der Waals surface area contributed by atoms with Crippen LogP contribution in [-0.4, -0.2) is 31.1 Å². The van der Waals surface area contributed by atoms with E-state index in [2.05, 4.69) is 12.2 Å². The molecule has 0 bridgehead atoms. The maximum absolute atomic E-state index is 12.0. The van der Waals surface area contributed by atoms with Crippen LogP contribution in [0.1, 0.15) is 51.7 Å². The number of nitrogens with zero attached hydrogens (tertiary/aromatic N) is 1. The van der Waals surface area contributed by atoms with Gasteiger partial charge in [0, 0.05) is 17.2 Å². The number of hydrogen-bond acceptors (Lipinski definition) is 4. The lowest BCUT2D eigenvalue weighted by Crippen LogP contribution is -2.22. The molecule has 0 aliphatic carbocycles. The first-order valence-electron chi connectivity index (χ1n) is 8.28. The van der Waals surface area contributed by atoms with Gasteiger partial charge in [0.25, 0.3) is 0 Å². The summed E-state index contributed by atoms with van der Waals surface area (Å²) in [5.74, 6) is 1.14. The number of hydrogen-bond donors (Lipinski definition) is 1. The predicted molar refractivity (Wildman–Crippen MR) is 96.3 cm³/mol. The lowest BCUT2D eigenvalue weighted by molar-refractivity contribution is -0.137. The number of aliphatic imine (C=N–C) groups is 1. The fourth-order valence-corrected chi connectivity index (χ4v) is 2.36. The molecule has 2 rings (SSSR count). The van der Waals surface area contributed by atoms with Crippen molar-refractivity contribution < 1.29 is 14.3 Å². The van der Waals surface area contributed by atoms with Gasteiger partial charge in [-0.05, 0) is 45.4 Å². The molecular weight excluding hydrogens is 304 g/mol. The second-order valence-electron chi connectivity index (χ2n) is 6.75. The summed E-state index contributed by atoms with van der Waals surface area (Å²) in [4.78, 5) is 16.7. The Morgan fingerprint density at radius 2 is 2.04 bits per heavy atom. The smallest absolute Gasteiger partial charge is 0.332 e. The van der Waals surface area contributed by atoms with E-state index in [4.69, 9.17) is 14.5 Å². The van der Waals surface area contributed by atoms with Crippen LogP contribution in [0.2, 0.25) is 0 Å². The first-order valence-corrected chi connectivity index (χ1v) is 8.28. The topological polar surface area (TPSA) is 59.9 Å². The van der Waals surface area contributed by atoms with Crippen LogP contribution in [0.15, 0.2) is 29.3 Å². The molecular formula is C19H26N2O3. The molecule has 1 aromatic carbocycles. The Bertz CT molecular complexity index is 670. The fourth-order valence-electron chi connectivity index (χ4n) is 2.36. The number of nitrogens with one attached hydrogen (secondary N) is 1. The number of rotatable bonds is 5. The van der Waals surface area contributed by atoms with Gasteiger partial charge in [0.05, 0.1) is 25.0 Å². The molecule has 5 nitrogen and oxygen atoms in total. The molecule has 5 heteroatoms. The van der Waals surface area contributed by atoms with Crippen molar-refractivity contribution in [2.24, 2.45) is 4.99 Å². The van der Waals surface area contributed by atoms with Crippen molar-refractivity contribution in [3.8, 4) is 5.75 Å². The van der Waals surface area contributed by atoms with E-state index in [0.717, 1.165) is 35.6 Å². The largest absolute Gasteiger partial charge is 0.497 e. The summed E-state index contributed by atoms with van der Waals surface area (Å²) in [5, 5.41) is 3.24. The highest BCUT2D eigenvalue weighted by Crippen LogP contribution is 2.29. The van der Waals surface area contributed by atoms with Crippen LogP contribution in [0.4, 0.5) is 0 Å². The van der Waals surface area contributed by atoms with E-state index in [1.165, 1.54) is 6.08 Å². The summed E-state index contributed by atoms with van der Waals surface area (Å²) in [6, 6.07) is 5.74. The average molecular weight is 330 g/mol. The van der Waals surface area contributed by atoms with Crippen molar-refractivity contribution in [1.82, 2.24) is 5.32 Å². The maximum atomic E-state index is 12.0. The van der Waals surface area contributed by atoms with Crippen LogP contribution in [0.5, 0.6) is 5.75 Å². The minimum absolute atomic E-state index is 0.226. The minimum atomic E-state index is -0.350. The van der Waals surface area contributed by atoms with Crippen molar-refractivity contribution in [3.63, 3.8) is 0 Å².